The predicted octanol–water partition coefficient (Wildman–Crippen LogP) is 5.27. The molecule has 0 aliphatic carbocycles. The molecule has 0 radical (unpaired) electrons. The van der Waals surface area contributed by atoms with Gasteiger partial charge in [0.2, 0.25) is 0 Å². The van der Waals surface area contributed by atoms with Gasteiger partial charge in [-0.25, -0.2) is 9.59 Å². The average molecular weight is 402 g/mol. The SMILES string of the molecule is O=C(OCCCc1ccccc1)c1ccccc1C(=O)OCCCc1ccccc1. The van der Waals surface area contributed by atoms with Crippen molar-refractivity contribution < 1.29 is 19.1 Å². The Morgan fingerprint density at radius 2 is 0.900 bits per heavy atom. The summed E-state index contributed by atoms with van der Waals surface area (Å²) in [6.45, 7) is 0.600. The van der Waals surface area contributed by atoms with E-state index in [1.54, 1.807) is 24.3 Å². The molecule has 4 nitrogen and oxygen atoms in total. The van der Waals surface area contributed by atoms with Gasteiger partial charge in [0.05, 0.1) is 24.3 Å². The van der Waals surface area contributed by atoms with Crippen molar-refractivity contribution >= 4 is 11.9 Å². The minimum atomic E-state index is -0.500. The van der Waals surface area contributed by atoms with E-state index in [0.717, 1.165) is 25.7 Å². The molecule has 30 heavy (non-hydrogen) atoms. The molecule has 0 N–H and O–H groups in total. The zero-order valence-corrected chi connectivity index (χ0v) is 17.0. The third kappa shape index (κ3) is 6.59. The second kappa shape index (κ2) is 11.6. The molecule has 0 heterocycles. The quantitative estimate of drug-likeness (QED) is 0.343. The van der Waals surface area contributed by atoms with Crippen molar-refractivity contribution in [3.8, 4) is 0 Å². The Balaban J connectivity index is 1.46. The second-order valence-electron chi connectivity index (χ2n) is 7.00. The summed E-state index contributed by atoms with van der Waals surface area (Å²) in [4.78, 5) is 24.9. The molecule has 0 amide bonds. The van der Waals surface area contributed by atoms with Gasteiger partial charge in [0.25, 0.3) is 0 Å². The summed E-state index contributed by atoms with van der Waals surface area (Å²) in [5, 5.41) is 0. The Kier molecular flexibility index (Phi) is 8.22. The van der Waals surface area contributed by atoms with E-state index in [1.807, 2.05) is 60.7 Å². The molecular weight excluding hydrogens is 376 g/mol. The van der Waals surface area contributed by atoms with Crippen LogP contribution in [0.5, 0.6) is 0 Å². The van der Waals surface area contributed by atoms with Gasteiger partial charge >= 0.3 is 11.9 Å². The molecule has 0 fully saturated rings. The van der Waals surface area contributed by atoms with Crippen molar-refractivity contribution in [2.75, 3.05) is 13.2 Å². The van der Waals surface area contributed by atoms with E-state index in [4.69, 9.17) is 9.47 Å². The molecule has 0 bridgehead atoms. The van der Waals surface area contributed by atoms with E-state index in [2.05, 4.69) is 0 Å². The predicted molar refractivity (Wildman–Crippen MR) is 117 cm³/mol. The Morgan fingerprint density at radius 1 is 0.533 bits per heavy atom. The highest BCUT2D eigenvalue weighted by molar-refractivity contribution is 6.03. The highest BCUT2D eigenvalue weighted by Crippen LogP contribution is 2.13. The van der Waals surface area contributed by atoms with Gasteiger partial charge in [0.15, 0.2) is 0 Å². The number of esters is 2. The smallest absolute Gasteiger partial charge is 0.339 e. The number of aryl methyl sites for hydroxylation is 2. The molecule has 0 aliphatic heterocycles. The highest BCUT2D eigenvalue weighted by atomic mass is 16.5. The first kappa shape index (κ1) is 21.3. The van der Waals surface area contributed by atoms with Crippen LogP contribution in [0.1, 0.15) is 44.7 Å². The van der Waals surface area contributed by atoms with E-state index in [-0.39, 0.29) is 11.1 Å². The van der Waals surface area contributed by atoms with Crippen LogP contribution in [-0.2, 0) is 22.3 Å². The first-order valence-corrected chi connectivity index (χ1v) is 10.2. The summed E-state index contributed by atoms with van der Waals surface area (Å²) in [5.41, 5.74) is 2.89. The zero-order valence-electron chi connectivity index (χ0n) is 17.0. The average Bonchev–Trinajstić information content (AvgIpc) is 2.80. The molecule has 0 saturated heterocycles. The fourth-order valence-corrected chi connectivity index (χ4v) is 3.17. The highest BCUT2D eigenvalue weighted by Gasteiger charge is 2.18. The number of rotatable bonds is 10. The molecule has 3 rings (SSSR count). The number of carbonyl (C=O) groups excluding carboxylic acids is 2. The number of ether oxygens (including phenoxy) is 2. The van der Waals surface area contributed by atoms with Crippen LogP contribution in [0.25, 0.3) is 0 Å². The van der Waals surface area contributed by atoms with Crippen molar-refractivity contribution in [1.29, 1.82) is 0 Å². The maximum atomic E-state index is 12.5. The lowest BCUT2D eigenvalue weighted by molar-refractivity contribution is 0.0453. The Morgan fingerprint density at radius 3 is 1.30 bits per heavy atom. The maximum absolute atomic E-state index is 12.5. The Bertz CT molecular complexity index is 857. The molecule has 3 aromatic carbocycles. The minimum Gasteiger partial charge on any atom is -0.462 e. The van der Waals surface area contributed by atoms with Crippen LogP contribution >= 0.6 is 0 Å². The summed E-state index contributed by atoms with van der Waals surface area (Å²) in [7, 11) is 0. The lowest BCUT2D eigenvalue weighted by Gasteiger charge is -2.10. The third-order valence-corrected chi connectivity index (χ3v) is 4.74. The van der Waals surface area contributed by atoms with E-state index in [0.29, 0.717) is 13.2 Å². The lowest BCUT2D eigenvalue weighted by Crippen LogP contribution is -2.15. The molecule has 0 spiro atoms. The molecule has 154 valence electrons. The van der Waals surface area contributed by atoms with Crippen LogP contribution in [0, 0.1) is 0 Å². The number of hydrogen-bond acceptors (Lipinski definition) is 4. The summed E-state index contributed by atoms with van der Waals surface area (Å²) in [6.07, 6.45) is 3.11. The van der Waals surface area contributed by atoms with Gasteiger partial charge in [-0.05, 0) is 48.9 Å². The minimum absolute atomic E-state index is 0.241. The van der Waals surface area contributed by atoms with E-state index in [1.165, 1.54) is 11.1 Å². The van der Waals surface area contributed by atoms with E-state index in [9.17, 15) is 9.59 Å². The molecule has 3 aromatic rings. The van der Waals surface area contributed by atoms with Gasteiger partial charge in [-0.1, -0.05) is 72.8 Å². The first-order chi connectivity index (χ1) is 14.7. The first-order valence-electron chi connectivity index (χ1n) is 10.2. The Labute approximate surface area is 177 Å². The number of benzene rings is 3. The van der Waals surface area contributed by atoms with Crippen LogP contribution in [0.15, 0.2) is 84.9 Å². The maximum Gasteiger partial charge on any atom is 0.339 e. The van der Waals surface area contributed by atoms with Gasteiger partial charge < -0.3 is 9.47 Å². The zero-order chi connectivity index (χ0) is 21.0. The normalized spacial score (nSPS) is 10.4. The molecular formula is C26H26O4. The van der Waals surface area contributed by atoms with Crippen LogP contribution in [-0.4, -0.2) is 25.2 Å². The molecule has 0 unspecified atom stereocenters. The fraction of sp³-hybridized carbons (Fsp3) is 0.231. The summed E-state index contributed by atoms with van der Waals surface area (Å²) in [5.74, 6) is -1.00. The van der Waals surface area contributed by atoms with E-state index >= 15 is 0 Å². The monoisotopic (exact) mass is 402 g/mol. The molecule has 4 heteroatoms. The van der Waals surface area contributed by atoms with Crippen molar-refractivity contribution in [1.82, 2.24) is 0 Å². The lowest BCUT2D eigenvalue weighted by atomic mass is 10.1. The van der Waals surface area contributed by atoms with Gasteiger partial charge in [-0.2, -0.15) is 0 Å². The van der Waals surface area contributed by atoms with Gasteiger partial charge in [0, 0.05) is 0 Å². The van der Waals surface area contributed by atoms with Gasteiger partial charge in [-0.3, -0.25) is 0 Å². The second-order valence-corrected chi connectivity index (χ2v) is 7.00. The summed E-state index contributed by atoms with van der Waals surface area (Å²) >= 11 is 0. The topological polar surface area (TPSA) is 52.6 Å². The van der Waals surface area contributed by atoms with Crippen LogP contribution in [0.2, 0.25) is 0 Å². The van der Waals surface area contributed by atoms with Gasteiger partial charge in [0.1, 0.15) is 0 Å². The molecule has 0 aliphatic rings. The standard InChI is InChI=1S/C26H26O4/c27-25(29-19-9-15-21-11-3-1-4-12-21)23-17-7-8-18-24(23)26(28)30-20-10-16-22-13-5-2-6-14-22/h1-8,11-14,17-18H,9-10,15-16,19-20H2. The molecule has 0 saturated carbocycles. The molecule has 0 atom stereocenters. The van der Waals surface area contributed by atoms with Crippen molar-refractivity contribution in [3.05, 3.63) is 107 Å². The molecule has 0 aromatic heterocycles. The summed E-state index contributed by atoms with van der Waals surface area (Å²) < 4.78 is 10.8. The number of carbonyl (C=O) groups is 2. The van der Waals surface area contributed by atoms with Crippen molar-refractivity contribution in [2.45, 2.75) is 25.7 Å². The largest absolute Gasteiger partial charge is 0.462 e. The van der Waals surface area contributed by atoms with Crippen molar-refractivity contribution in [2.24, 2.45) is 0 Å². The number of hydrogen-bond donors (Lipinski definition) is 0. The summed E-state index contributed by atoms with van der Waals surface area (Å²) in [6, 6.07) is 26.7. The van der Waals surface area contributed by atoms with Crippen LogP contribution in [0.4, 0.5) is 0 Å². The van der Waals surface area contributed by atoms with Gasteiger partial charge in [-0.15, -0.1) is 0 Å². The fourth-order valence-electron chi connectivity index (χ4n) is 3.17. The Hall–Kier alpha value is -3.40. The third-order valence-electron chi connectivity index (χ3n) is 4.74. The van der Waals surface area contributed by atoms with Crippen LogP contribution in [0.3, 0.4) is 0 Å². The van der Waals surface area contributed by atoms with Crippen molar-refractivity contribution in [3.63, 3.8) is 0 Å². The van der Waals surface area contributed by atoms with E-state index < -0.39 is 11.9 Å². The van der Waals surface area contributed by atoms with Crippen LogP contribution < -0.4 is 0 Å².